The Labute approximate surface area is 154 Å². The third kappa shape index (κ3) is 7.26. The molecule has 1 N–H and O–H groups in total. The Morgan fingerprint density at radius 3 is 2.32 bits per heavy atom. The summed E-state index contributed by atoms with van der Waals surface area (Å²) in [5.41, 5.74) is -3.26. The Bertz CT molecular complexity index is 621. The summed E-state index contributed by atoms with van der Waals surface area (Å²) >= 11 is 0.532. The first-order valence-electron chi connectivity index (χ1n) is 7.67. The van der Waals surface area contributed by atoms with Crippen LogP contribution in [0.4, 0.5) is 18.9 Å². The van der Waals surface area contributed by atoms with Gasteiger partial charge in [0.25, 0.3) is 0 Å². The molecule has 0 saturated carbocycles. The van der Waals surface area contributed by atoms with Crippen LogP contribution in [0.1, 0.15) is 6.42 Å². The van der Waals surface area contributed by atoms with E-state index < -0.39 is 15.5 Å². The summed E-state index contributed by atoms with van der Waals surface area (Å²) in [6, 6.07) is 9.81. The monoisotopic (exact) mass is 415 g/mol. The van der Waals surface area contributed by atoms with Gasteiger partial charge in [0.15, 0.2) is 0 Å². The van der Waals surface area contributed by atoms with E-state index in [9.17, 15) is 21.6 Å². The number of rotatable bonds is 8. The van der Waals surface area contributed by atoms with E-state index in [1.165, 1.54) is 4.31 Å². The van der Waals surface area contributed by atoms with Gasteiger partial charge < -0.3 is 4.90 Å². The molecule has 0 aromatic heterocycles. The van der Waals surface area contributed by atoms with Crippen LogP contribution in [0.3, 0.4) is 0 Å². The number of sulfonamides is 1. The zero-order valence-corrected chi connectivity index (χ0v) is 15.9. The predicted octanol–water partition coefficient (Wildman–Crippen LogP) is 2.93. The second kappa shape index (κ2) is 9.36. The molecule has 11 heteroatoms. The number of para-hydroxylation sites is 1. The van der Waals surface area contributed by atoms with Gasteiger partial charge in [-0.3, -0.25) is 0 Å². The van der Waals surface area contributed by atoms with Crippen molar-refractivity contribution in [3.8, 4) is 0 Å². The van der Waals surface area contributed by atoms with E-state index in [2.05, 4.69) is 9.03 Å². The normalized spacial score (nSPS) is 17.0. The Balaban J connectivity index is 1.69. The molecule has 1 aliphatic heterocycles. The third-order valence-corrected chi connectivity index (χ3v) is 7.10. The minimum absolute atomic E-state index is 0.0519. The maximum atomic E-state index is 12.3. The summed E-state index contributed by atoms with van der Waals surface area (Å²) < 4.78 is 64.0. The number of hydrogen-bond donors (Lipinski definition) is 1. The van der Waals surface area contributed by atoms with Crippen LogP contribution < -0.4 is 9.03 Å². The van der Waals surface area contributed by atoms with Gasteiger partial charge >= 0.3 is 5.51 Å². The standard InChI is InChI=1S/C14H20F3N3O2S3/c15-14(16,17)24-18-23-11-4-12-25(21,22)20-9-7-19(8-10-20)13-5-2-1-3-6-13/h1-3,5-6,18H,4,7-12H2. The average Bonchev–Trinajstić information content (AvgIpc) is 2.58. The first-order chi connectivity index (χ1) is 11.8. The lowest BCUT2D eigenvalue weighted by Gasteiger charge is -2.35. The largest absolute Gasteiger partial charge is 0.456 e. The Morgan fingerprint density at radius 2 is 1.72 bits per heavy atom. The van der Waals surface area contributed by atoms with E-state index in [0.29, 0.717) is 38.4 Å². The molecule has 142 valence electrons. The van der Waals surface area contributed by atoms with Gasteiger partial charge in [-0.1, -0.05) is 30.1 Å². The number of anilines is 1. The molecular weight excluding hydrogens is 395 g/mol. The Hall–Kier alpha value is -0.620. The molecule has 1 aliphatic rings. The molecule has 0 aliphatic carbocycles. The zero-order valence-electron chi connectivity index (χ0n) is 13.4. The van der Waals surface area contributed by atoms with Gasteiger partial charge in [-0.15, -0.1) is 0 Å². The number of halogens is 3. The highest BCUT2D eigenvalue weighted by Gasteiger charge is 2.29. The number of nitrogens with one attached hydrogen (secondary N) is 1. The lowest BCUT2D eigenvalue weighted by Crippen LogP contribution is -2.49. The molecule has 0 radical (unpaired) electrons. The highest BCUT2D eigenvalue weighted by molar-refractivity contribution is 8.13. The topological polar surface area (TPSA) is 52.7 Å². The van der Waals surface area contributed by atoms with Gasteiger partial charge in [-0.05, 0) is 18.6 Å². The summed E-state index contributed by atoms with van der Waals surface area (Å²) in [6.45, 7) is 2.10. The summed E-state index contributed by atoms with van der Waals surface area (Å²) in [6.07, 6.45) is 0.303. The molecule has 1 heterocycles. The van der Waals surface area contributed by atoms with E-state index in [-0.39, 0.29) is 17.7 Å². The van der Waals surface area contributed by atoms with Crippen molar-refractivity contribution in [2.45, 2.75) is 11.9 Å². The summed E-state index contributed by atoms with van der Waals surface area (Å²) in [5, 5.41) is 0. The molecule has 1 fully saturated rings. The fraction of sp³-hybridized carbons (Fsp3) is 0.571. The van der Waals surface area contributed by atoms with Crippen molar-refractivity contribution in [3.05, 3.63) is 30.3 Å². The van der Waals surface area contributed by atoms with Gasteiger partial charge in [0.05, 0.1) is 5.75 Å². The van der Waals surface area contributed by atoms with Crippen LogP contribution in [0.15, 0.2) is 30.3 Å². The molecule has 0 bridgehead atoms. The highest BCUT2D eigenvalue weighted by atomic mass is 32.2. The fourth-order valence-corrected chi connectivity index (χ4v) is 5.33. The molecule has 1 aromatic rings. The quantitative estimate of drug-likeness (QED) is 0.521. The number of benzene rings is 1. The molecule has 1 saturated heterocycles. The minimum atomic E-state index is -4.34. The minimum Gasteiger partial charge on any atom is -0.369 e. The van der Waals surface area contributed by atoms with Crippen molar-refractivity contribution in [1.82, 2.24) is 8.43 Å². The van der Waals surface area contributed by atoms with Crippen LogP contribution in [-0.4, -0.2) is 55.9 Å². The molecule has 0 unspecified atom stereocenters. The first kappa shape index (κ1) is 20.7. The maximum absolute atomic E-state index is 12.3. The molecule has 0 atom stereocenters. The second-order valence-corrected chi connectivity index (χ2v) is 9.49. The predicted molar refractivity (Wildman–Crippen MR) is 97.9 cm³/mol. The smallest absolute Gasteiger partial charge is 0.369 e. The molecule has 0 amide bonds. The Morgan fingerprint density at radius 1 is 1.08 bits per heavy atom. The SMILES string of the molecule is O=S(=O)(CCCSNSC(F)(F)F)N1CCN(c2ccccc2)CC1. The molecule has 1 aromatic carbocycles. The maximum Gasteiger partial charge on any atom is 0.456 e. The lowest BCUT2D eigenvalue weighted by atomic mass is 10.2. The van der Waals surface area contributed by atoms with Gasteiger partial charge in [0.2, 0.25) is 10.0 Å². The first-order valence-corrected chi connectivity index (χ1v) is 11.1. The van der Waals surface area contributed by atoms with Crippen molar-refractivity contribution >= 4 is 39.6 Å². The van der Waals surface area contributed by atoms with E-state index in [4.69, 9.17) is 0 Å². The number of hydrogen-bond acceptors (Lipinski definition) is 6. The average molecular weight is 416 g/mol. The summed E-state index contributed by atoms with van der Waals surface area (Å²) in [7, 11) is -3.37. The lowest BCUT2D eigenvalue weighted by molar-refractivity contribution is -0.0331. The van der Waals surface area contributed by atoms with Crippen LogP contribution in [0, 0.1) is 0 Å². The van der Waals surface area contributed by atoms with E-state index in [1.54, 1.807) is 0 Å². The van der Waals surface area contributed by atoms with Crippen molar-refractivity contribution in [2.24, 2.45) is 0 Å². The molecular formula is C14H20F3N3O2S3. The van der Waals surface area contributed by atoms with Crippen LogP contribution in [0.25, 0.3) is 0 Å². The third-order valence-electron chi connectivity index (χ3n) is 3.62. The Kier molecular flexibility index (Phi) is 7.74. The molecule has 2 rings (SSSR count). The number of nitrogens with zero attached hydrogens (tertiary/aromatic N) is 2. The van der Waals surface area contributed by atoms with Crippen molar-refractivity contribution in [1.29, 1.82) is 0 Å². The van der Waals surface area contributed by atoms with Gasteiger partial charge in [0.1, 0.15) is 0 Å². The second-order valence-electron chi connectivity index (χ2n) is 5.37. The van der Waals surface area contributed by atoms with Crippen molar-refractivity contribution in [3.63, 3.8) is 0 Å². The van der Waals surface area contributed by atoms with Crippen LogP contribution in [-0.2, 0) is 10.0 Å². The highest BCUT2D eigenvalue weighted by Crippen LogP contribution is 2.29. The van der Waals surface area contributed by atoms with Crippen molar-refractivity contribution in [2.75, 3.05) is 42.6 Å². The summed E-state index contributed by atoms with van der Waals surface area (Å²) in [5.74, 6) is 0.246. The van der Waals surface area contributed by atoms with E-state index in [1.807, 2.05) is 30.3 Å². The number of alkyl halides is 3. The fourth-order valence-electron chi connectivity index (χ4n) is 2.42. The van der Waals surface area contributed by atoms with Gasteiger partial charge in [-0.2, -0.15) is 17.5 Å². The molecule has 5 nitrogen and oxygen atoms in total. The van der Waals surface area contributed by atoms with Crippen molar-refractivity contribution < 1.29 is 21.6 Å². The molecule has 25 heavy (non-hydrogen) atoms. The van der Waals surface area contributed by atoms with Gasteiger partial charge in [0, 0.05) is 49.6 Å². The van der Waals surface area contributed by atoms with Crippen LogP contribution in [0.5, 0.6) is 0 Å². The van der Waals surface area contributed by atoms with E-state index in [0.717, 1.165) is 17.6 Å². The van der Waals surface area contributed by atoms with Gasteiger partial charge in [-0.25, -0.2) is 12.5 Å². The molecule has 0 spiro atoms. The number of piperazine rings is 1. The zero-order chi connectivity index (χ0) is 18.3. The van der Waals surface area contributed by atoms with Crippen LogP contribution in [0.2, 0.25) is 0 Å². The van der Waals surface area contributed by atoms with E-state index >= 15 is 0 Å². The summed E-state index contributed by atoms with van der Waals surface area (Å²) in [4.78, 5) is 2.14. The van der Waals surface area contributed by atoms with Crippen LogP contribution >= 0.6 is 23.9 Å².